The highest BCUT2D eigenvalue weighted by atomic mass is 31.2. The molecule has 1 aliphatic heterocycles. The van der Waals surface area contributed by atoms with Crippen molar-refractivity contribution < 1.29 is 28.0 Å². The van der Waals surface area contributed by atoms with Gasteiger partial charge in [-0.05, 0) is 53.8 Å². The summed E-state index contributed by atoms with van der Waals surface area (Å²) in [7, 11) is 3.92. The Morgan fingerprint density at radius 3 is 1.89 bits per heavy atom. The molecule has 3 aromatic carbocycles. The predicted octanol–water partition coefficient (Wildman–Crippen LogP) is 6.63. The van der Waals surface area contributed by atoms with E-state index < -0.39 is 26.5 Å². The van der Waals surface area contributed by atoms with Crippen LogP contribution in [0, 0.1) is 17.2 Å². The monoisotopic (exact) mass is 632 g/mol. The van der Waals surface area contributed by atoms with Crippen molar-refractivity contribution in [1.82, 2.24) is 4.67 Å². The van der Waals surface area contributed by atoms with Crippen molar-refractivity contribution in [2.75, 3.05) is 33.9 Å². The van der Waals surface area contributed by atoms with Crippen molar-refractivity contribution in [2.24, 2.45) is 5.92 Å². The van der Waals surface area contributed by atoms with Gasteiger partial charge in [-0.3, -0.25) is 0 Å². The number of hydrogen-bond donors (Lipinski definition) is 0. The van der Waals surface area contributed by atoms with E-state index in [1.54, 1.807) is 14.2 Å². The highest BCUT2D eigenvalue weighted by Gasteiger charge is 2.49. The highest BCUT2D eigenvalue weighted by molar-refractivity contribution is 7.44. The number of nitriles is 1. The summed E-state index contributed by atoms with van der Waals surface area (Å²) in [4.78, 5) is 0. The third kappa shape index (κ3) is 8.26. The first kappa shape index (κ1) is 34.9. The fourth-order valence-corrected chi connectivity index (χ4v) is 7.45. The van der Waals surface area contributed by atoms with Gasteiger partial charge in [0.15, 0.2) is 6.29 Å². The van der Waals surface area contributed by atoms with E-state index >= 15 is 0 Å². The topological polar surface area (TPSA) is 82.4 Å². The van der Waals surface area contributed by atoms with Gasteiger partial charge in [0.25, 0.3) is 8.53 Å². The molecule has 10 heteroatoms. The van der Waals surface area contributed by atoms with Gasteiger partial charge in [0.05, 0.1) is 33.3 Å². The van der Waals surface area contributed by atoms with E-state index in [4.69, 9.17) is 28.0 Å². The van der Waals surface area contributed by atoms with Crippen LogP contribution in [0.2, 0.25) is 0 Å². The Hall–Kier alpha value is -2.96. The third-order valence-electron chi connectivity index (χ3n) is 8.16. The first-order valence-electron chi connectivity index (χ1n) is 15.8. The van der Waals surface area contributed by atoms with Gasteiger partial charge in [0.1, 0.15) is 31.1 Å². The normalized spacial score (nSPS) is 20.6. The number of rotatable bonds is 17. The maximum atomic E-state index is 9.21. The van der Waals surface area contributed by atoms with E-state index in [-0.39, 0.29) is 11.9 Å². The second-order valence-electron chi connectivity index (χ2n) is 11.2. The number of nitrogens with zero attached hydrogens (tertiary/aromatic N) is 2. The van der Waals surface area contributed by atoms with Crippen LogP contribution in [0.5, 0.6) is 11.5 Å². The molecular formula is C35H46BN2O6P. The third-order valence-corrected chi connectivity index (χ3v) is 9.85. The molecule has 1 heterocycles. The number of benzene rings is 3. The van der Waals surface area contributed by atoms with Crippen molar-refractivity contribution in [3.63, 3.8) is 0 Å². The van der Waals surface area contributed by atoms with Crippen molar-refractivity contribution in [1.29, 1.82) is 5.26 Å². The van der Waals surface area contributed by atoms with E-state index in [0.29, 0.717) is 13.0 Å². The van der Waals surface area contributed by atoms with Gasteiger partial charge in [0.2, 0.25) is 0 Å². The second kappa shape index (κ2) is 17.1. The van der Waals surface area contributed by atoms with Gasteiger partial charge in [-0.25, -0.2) is 4.67 Å². The average molecular weight is 633 g/mol. The number of ether oxygens (including phenoxy) is 4. The first-order chi connectivity index (χ1) is 21.9. The van der Waals surface area contributed by atoms with Crippen molar-refractivity contribution in [2.45, 2.75) is 64.0 Å². The lowest BCUT2D eigenvalue weighted by molar-refractivity contribution is -0.197. The molecular weight excluding hydrogens is 586 g/mol. The lowest BCUT2D eigenvalue weighted by atomic mass is 9.79. The second-order valence-corrected chi connectivity index (χ2v) is 12.7. The molecule has 1 fully saturated rings. The minimum Gasteiger partial charge on any atom is -0.497 e. The summed E-state index contributed by atoms with van der Waals surface area (Å²) in [5, 5.41) is 9.21. The zero-order chi connectivity index (χ0) is 32.2. The Kier molecular flexibility index (Phi) is 13.3. The molecule has 0 spiro atoms. The average Bonchev–Trinajstić information content (AvgIpc) is 3.34. The summed E-state index contributed by atoms with van der Waals surface area (Å²) in [5.74, 6) is 1.52. The highest BCUT2D eigenvalue weighted by Crippen LogP contribution is 2.50. The van der Waals surface area contributed by atoms with E-state index in [1.807, 2.05) is 66.7 Å². The quantitative estimate of drug-likeness (QED) is 0.0711. The first-order valence-corrected chi connectivity index (χ1v) is 16.9. The molecule has 240 valence electrons. The number of hydrogen-bond acceptors (Lipinski definition) is 8. The standard InChI is InChI=1S/C35H46BN2O6P/c1-6-23-38(24-7-2)45(41-25-11-22-37)44-32-26(3)33(36)42-34(32)43-35(27-12-9-8-10-13-27,28-14-18-30(39-4)19-15-28)29-16-20-31(40-5)21-17-29/h8-10,12-21,26,32-34H,6-7,11,23-25,36H2,1-5H3/t26?,32?,33-,34+,45?/m0/s1. The maximum Gasteiger partial charge on any atom is 0.259 e. The summed E-state index contributed by atoms with van der Waals surface area (Å²) >= 11 is 0. The van der Waals surface area contributed by atoms with Crippen LogP contribution >= 0.6 is 8.53 Å². The van der Waals surface area contributed by atoms with Crippen LogP contribution in [-0.4, -0.2) is 64.8 Å². The van der Waals surface area contributed by atoms with Crippen LogP contribution in [0.25, 0.3) is 0 Å². The lowest BCUT2D eigenvalue weighted by Crippen LogP contribution is -2.42. The van der Waals surface area contributed by atoms with Crippen LogP contribution < -0.4 is 9.47 Å². The molecule has 5 atom stereocenters. The Bertz CT molecular complexity index is 1290. The molecule has 0 N–H and O–H groups in total. The Balaban J connectivity index is 1.82. The van der Waals surface area contributed by atoms with Crippen LogP contribution in [0.15, 0.2) is 78.9 Å². The molecule has 0 bridgehead atoms. The Morgan fingerprint density at radius 1 is 0.867 bits per heavy atom. The smallest absolute Gasteiger partial charge is 0.259 e. The van der Waals surface area contributed by atoms with Crippen LogP contribution in [0.1, 0.15) is 56.7 Å². The largest absolute Gasteiger partial charge is 0.497 e. The maximum absolute atomic E-state index is 9.21. The van der Waals surface area contributed by atoms with Gasteiger partial charge in [0, 0.05) is 25.0 Å². The van der Waals surface area contributed by atoms with Gasteiger partial charge < -0.3 is 28.0 Å². The molecule has 0 aliphatic carbocycles. The molecule has 1 saturated heterocycles. The molecule has 8 nitrogen and oxygen atoms in total. The SMILES string of the molecule is B[C@H]1O[C@H](OC(c2ccccc2)(c2ccc(OC)cc2)c2ccc(OC)cc2)C(OP(OCCC#N)N(CCC)CCC)C1C. The van der Waals surface area contributed by atoms with E-state index in [9.17, 15) is 5.26 Å². The Labute approximate surface area is 270 Å². The van der Waals surface area contributed by atoms with Crippen molar-refractivity contribution >= 4 is 16.4 Å². The predicted molar refractivity (Wildman–Crippen MR) is 180 cm³/mol. The lowest BCUT2D eigenvalue weighted by Gasteiger charge is -2.40. The molecule has 0 radical (unpaired) electrons. The molecule has 0 saturated carbocycles. The fraction of sp³-hybridized carbons (Fsp3) is 0.457. The summed E-state index contributed by atoms with van der Waals surface area (Å²) in [6.45, 7) is 8.41. The molecule has 0 amide bonds. The van der Waals surface area contributed by atoms with Gasteiger partial charge in [-0.1, -0.05) is 75.4 Å². The van der Waals surface area contributed by atoms with Crippen molar-refractivity contribution in [3.8, 4) is 17.6 Å². The fourth-order valence-electron chi connectivity index (χ4n) is 5.61. The van der Waals surface area contributed by atoms with Gasteiger partial charge in [-0.2, -0.15) is 5.26 Å². The minimum absolute atomic E-state index is 0.0184. The van der Waals surface area contributed by atoms with Gasteiger partial charge in [-0.15, -0.1) is 0 Å². The molecule has 45 heavy (non-hydrogen) atoms. The van der Waals surface area contributed by atoms with E-state index in [1.165, 1.54) is 0 Å². The summed E-state index contributed by atoms with van der Waals surface area (Å²) in [5.41, 5.74) is 1.72. The van der Waals surface area contributed by atoms with Crippen LogP contribution in [0.3, 0.4) is 0 Å². The Morgan fingerprint density at radius 2 is 1.40 bits per heavy atom. The summed E-state index contributed by atoms with van der Waals surface area (Å²) in [6.07, 6.45) is 1.07. The van der Waals surface area contributed by atoms with Crippen molar-refractivity contribution in [3.05, 3.63) is 95.6 Å². The summed E-state index contributed by atoms with van der Waals surface area (Å²) in [6, 6.07) is 28.2. The minimum atomic E-state index is -1.46. The zero-order valence-corrected chi connectivity index (χ0v) is 28.2. The van der Waals surface area contributed by atoms with Gasteiger partial charge >= 0.3 is 0 Å². The number of methoxy groups -OCH3 is 2. The molecule has 1 aliphatic rings. The van der Waals surface area contributed by atoms with E-state index in [0.717, 1.165) is 54.1 Å². The van der Waals surface area contributed by atoms with E-state index in [2.05, 4.69) is 51.5 Å². The zero-order valence-electron chi connectivity index (χ0n) is 27.3. The molecule has 4 rings (SSSR count). The van der Waals surface area contributed by atoms with Crippen LogP contribution in [0.4, 0.5) is 0 Å². The molecule has 0 aromatic heterocycles. The van der Waals surface area contributed by atoms with Crippen LogP contribution in [-0.2, 0) is 24.1 Å². The molecule has 3 unspecified atom stereocenters. The summed E-state index contributed by atoms with van der Waals surface area (Å²) < 4.78 is 40.4. The molecule has 3 aromatic rings.